The van der Waals surface area contributed by atoms with Crippen LogP contribution in [0.25, 0.3) is 0 Å². The van der Waals surface area contributed by atoms with Gasteiger partial charge < -0.3 is 9.64 Å². The fraction of sp³-hybridized carbons (Fsp3) is 0.367. The first-order valence-corrected chi connectivity index (χ1v) is 14.7. The summed E-state index contributed by atoms with van der Waals surface area (Å²) in [6.45, 7) is 6.33. The molecule has 0 amide bonds. The molecule has 0 bridgehead atoms. The second-order valence-electron chi connectivity index (χ2n) is 10.2. The average molecular weight is 550 g/mol. The number of hydrogen-bond donors (Lipinski definition) is 1. The van der Waals surface area contributed by atoms with Crippen molar-refractivity contribution in [2.75, 3.05) is 16.2 Å². The lowest BCUT2D eigenvalue weighted by Crippen LogP contribution is -2.59. The van der Waals surface area contributed by atoms with Crippen molar-refractivity contribution in [1.29, 1.82) is 0 Å². The molecule has 1 aromatic heterocycles. The van der Waals surface area contributed by atoms with E-state index in [2.05, 4.69) is 9.71 Å². The van der Waals surface area contributed by atoms with Crippen molar-refractivity contribution in [2.24, 2.45) is 5.92 Å². The first-order valence-electron chi connectivity index (χ1n) is 13.3. The van der Waals surface area contributed by atoms with Gasteiger partial charge in [0.25, 0.3) is 10.0 Å². The maximum atomic E-state index is 13.7. The molecular formula is C30H35N3O5S. The van der Waals surface area contributed by atoms with Crippen molar-refractivity contribution in [3.05, 3.63) is 84.6 Å². The van der Waals surface area contributed by atoms with Gasteiger partial charge in [0.1, 0.15) is 5.60 Å². The minimum atomic E-state index is -3.91. The third-order valence-electron chi connectivity index (χ3n) is 7.16. The summed E-state index contributed by atoms with van der Waals surface area (Å²) in [5, 5.41) is -0.104. The number of aromatic nitrogens is 1. The topological polar surface area (TPSA) is 106 Å². The summed E-state index contributed by atoms with van der Waals surface area (Å²) in [5.41, 5.74) is 1.10. The average Bonchev–Trinajstić information content (AvgIpc) is 2.92. The van der Waals surface area contributed by atoms with Gasteiger partial charge >= 0.3 is 5.97 Å². The van der Waals surface area contributed by atoms with Gasteiger partial charge in [-0.1, -0.05) is 63.2 Å². The second kappa shape index (κ2) is 12.0. The lowest BCUT2D eigenvalue weighted by atomic mass is 9.77. The van der Waals surface area contributed by atoms with Crippen LogP contribution in [0.5, 0.6) is 0 Å². The number of sulfonamides is 1. The highest BCUT2D eigenvalue weighted by Gasteiger charge is 2.50. The van der Waals surface area contributed by atoms with Gasteiger partial charge in [-0.25, -0.2) is 9.78 Å². The van der Waals surface area contributed by atoms with Crippen LogP contribution in [0.4, 0.5) is 11.4 Å². The van der Waals surface area contributed by atoms with E-state index in [0.29, 0.717) is 37.2 Å². The van der Waals surface area contributed by atoms with Crippen molar-refractivity contribution in [3.63, 3.8) is 0 Å². The van der Waals surface area contributed by atoms with E-state index in [0.717, 1.165) is 5.56 Å². The van der Waals surface area contributed by atoms with Gasteiger partial charge in [0.15, 0.2) is 16.9 Å². The minimum absolute atomic E-state index is 0.0426. The quantitative estimate of drug-likeness (QED) is 0.265. The van der Waals surface area contributed by atoms with Gasteiger partial charge in [0.05, 0.1) is 5.69 Å². The van der Waals surface area contributed by atoms with E-state index in [1.165, 1.54) is 12.3 Å². The Labute approximate surface area is 230 Å². The van der Waals surface area contributed by atoms with Crippen molar-refractivity contribution in [1.82, 2.24) is 4.98 Å². The van der Waals surface area contributed by atoms with Crippen molar-refractivity contribution < 1.29 is 22.7 Å². The molecule has 1 aliphatic rings. The Balaban J connectivity index is 1.57. The molecule has 1 saturated heterocycles. The van der Waals surface area contributed by atoms with E-state index < -0.39 is 27.6 Å². The maximum Gasteiger partial charge on any atom is 0.337 e. The van der Waals surface area contributed by atoms with Crippen LogP contribution in [0.2, 0.25) is 0 Å². The monoisotopic (exact) mass is 549 g/mol. The molecule has 206 valence electrons. The van der Waals surface area contributed by atoms with Gasteiger partial charge in [-0.2, -0.15) is 8.42 Å². The van der Waals surface area contributed by atoms with Crippen LogP contribution in [-0.4, -0.2) is 43.3 Å². The standard InChI is InChI=1S/C30H35N3O5S/c1-4-19-33(25-14-10-13-24(20-25)32-39(36,37)27-15-8-9-18-31-27)28-26(34)21-30(22(2)3,38-29(28)35)17-16-23-11-6-5-7-12-23/h5-15,18,20,22,28,32H,4,16-17,19,21H2,1-3H3. The number of rotatable bonds is 11. The number of pyridine rings is 1. The highest BCUT2D eigenvalue weighted by Crippen LogP contribution is 2.38. The van der Waals surface area contributed by atoms with Crippen LogP contribution < -0.4 is 9.62 Å². The van der Waals surface area contributed by atoms with E-state index >= 15 is 0 Å². The van der Waals surface area contributed by atoms with E-state index in [9.17, 15) is 18.0 Å². The van der Waals surface area contributed by atoms with E-state index in [-0.39, 0.29) is 23.1 Å². The molecule has 3 aromatic rings. The Morgan fingerprint density at radius 3 is 2.44 bits per heavy atom. The predicted molar refractivity (Wildman–Crippen MR) is 151 cm³/mol. The molecule has 2 atom stereocenters. The Morgan fingerprint density at radius 1 is 1.05 bits per heavy atom. The number of anilines is 2. The van der Waals surface area contributed by atoms with E-state index in [1.807, 2.05) is 51.1 Å². The van der Waals surface area contributed by atoms with Crippen LogP contribution in [0.1, 0.15) is 45.6 Å². The first kappa shape index (κ1) is 28.3. The molecule has 9 heteroatoms. The number of nitrogens with one attached hydrogen (secondary N) is 1. The zero-order valence-electron chi connectivity index (χ0n) is 22.5. The number of Topliss-reactive ketones (excluding diaryl/α,β-unsaturated/α-hetero) is 1. The molecule has 8 nitrogen and oxygen atoms in total. The second-order valence-corrected chi connectivity index (χ2v) is 11.8. The summed E-state index contributed by atoms with van der Waals surface area (Å²) in [5.74, 6) is -0.805. The zero-order valence-corrected chi connectivity index (χ0v) is 23.4. The van der Waals surface area contributed by atoms with Crippen molar-refractivity contribution >= 4 is 33.2 Å². The highest BCUT2D eigenvalue weighted by molar-refractivity contribution is 7.92. The molecule has 0 saturated carbocycles. The third-order valence-corrected chi connectivity index (χ3v) is 8.45. The lowest BCUT2D eigenvalue weighted by molar-refractivity contribution is -0.179. The molecule has 2 heterocycles. The summed E-state index contributed by atoms with van der Waals surface area (Å²) in [7, 11) is -3.91. The van der Waals surface area contributed by atoms with E-state index in [1.54, 1.807) is 41.3 Å². The van der Waals surface area contributed by atoms with Crippen LogP contribution in [-0.2, 0) is 30.8 Å². The minimum Gasteiger partial charge on any atom is -0.456 e. The SMILES string of the molecule is CCCN(c1cccc(NS(=O)(=O)c2ccccn2)c1)C1C(=O)CC(CCc2ccccc2)(C(C)C)OC1=O. The Morgan fingerprint density at radius 2 is 1.79 bits per heavy atom. The molecule has 1 fully saturated rings. The third kappa shape index (κ3) is 6.47. The van der Waals surface area contributed by atoms with Gasteiger partial charge in [-0.15, -0.1) is 0 Å². The molecule has 2 unspecified atom stereocenters. The van der Waals surface area contributed by atoms with Crippen molar-refractivity contribution in [2.45, 2.75) is 63.1 Å². The first-order chi connectivity index (χ1) is 18.6. The Bertz CT molecular complexity index is 1380. The number of aryl methyl sites for hydroxylation is 1. The molecule has 0 aliphatic carbocycles. The van der Waals surface area contributed by atoms with Crippen LogP contribution in [0.15, 0.2) is 84.0 Å². The van der Waals surface area contributed by atoms with Crippen LogP contribution >= 0.6 is 0 Å². The summed E-state index contributed by atoms with van der Waals surface area (Å²) in [6.07, 6.45) is 3.45. The van der Waals surface area contributed by atoms with Crippen LogP contribution in [0.3, 0.4) is 0 Å². The predicted octanol–water partition coefficient (Wildman–Crippen LogP) is 5.01. The van der Waals surface area contributed by atoms with Gasteiger partial charge in [0.2, 0.25) is 0 Å². The molecular weight excluding hydrogens is 514 g/mol. The van der Waals surface area contributed by atoms with Crippen LogP contribution in [0, 0.1) is 5.92 Å². The number of cyclic esters (lactones) is 1. The smallest absolute Gasteiger partial charge is 0.337 e. The molecule has 0 spiro atoms. The zero-order chi connectivity index (χ0) is 28.0. The Hall–Kier alpha value is -3.72. The van der Waals surface area contributed by atoms with E-state index in [4.69, 9.17) is 4.74 Å². The fourth-order valence-electron chi connectivity index (χ4n) is 4.98. The number of benzene rings is 2. The number of hydrogen-bond acceptors (Lipinski definition) is 7. The number of ether oxygens (including phenoxy) is 1. The Kier molecular flexibility index (Phi) is 8.70. The normalized spacial score (nSPS) is 19.5. The maximum absolute atomic E-state index is 13.7. The number of ketones is 1. The number of esters is 1. The van der Waals surface area contributed by atoms with Gasteiger partial charge in [0, 0.05) is 24.8 Å². The lowest BCUT2D eigenvalue weighted by Gasteiger charge is -2.44. The summed E-state index contributed by atoms with van der Waals surface area (Å²) in [4.78, 5) is 32.8. The highest BCUT2D eigenvalue weighted by atomic mass is 32.2. The molecule has 1 aliphatic heterocycles. The summed E-state index contributed by atoms with van der Waals surface area (Å²) in [6, 6.07) is 20.2. The van der Waals surface area contributed by atoms with Crippen molar-refractivity contribution in [3.8, 4) is 0 Å². The number of carbonyl (C=O) groups is 2. The largest absolute Gasteiger partial charge is 0.456 e. The van der Waals surface area contributed by atoms with Gasteiger partial charge in [-0.05, 0) is 61.1 Å². The summed E-state index contributed by atoms with van der Waals surface area (Å²) >= 11 is 0. The molecule has 1 N–H and O–H groups in total. The molecule has 0 radical (unpaired) electrons. The number of carbonyl (C=O) groups excluding carboxylic acids is 2. The molecule has 4 rings (SSSR count). The molecule has 2 aromatic carbocycles. The number of nitrogens with zero attached hydrogens (tertiary/aromatic N) is 2. The molecule has 39 heavy (non-hydrogen) atoms. The van der Waals surface area contributed by atoms with Gasteiger partial charge in [-0.3, -0.25) is 9.52 Å². The fourth-order valence-corrected chi connectivity index (χ4v) is 5.98. The summed E-state index contributed by atoms with van der Waals surface area (Å²) < 4.78 is 34.3.